The van der Waals surface area contributed by atoms with Gasteiger partial charge in [0.1, 0.15) is 5.75 Å². The third-order valence-corrected chi connectivity index (χ3v) is 5.17. The SMILES string of the molecule is CCOc1ccc(-c2ccc(=O)n(CCNC(=O)CC3CCCCC3)n2)cc1. The van der Waals surface area contributed by atoms with Crippen LogP contribution in [0.1, 0.15) is 45.4 Å². The number of hydrogen-bond acceptors (Lipinski definition) is 4. The maximum atomic E-state index is 12.1. The van der Waals surface area contributed by atoms with E-state index in [1.54, 1.807) is 6.07 Å². The molecule has 1 aromatic carbocycles. The summed E-state index contributed by atoms with van der Waals surface area (Å²) >= 11 is 0. The minimum Gasteiger partial charge on any atom is -0.494 e. The molecule has 3 rings (SSSR count). The van der Waals surface area contributed by atoms with Crippen LogP contribution in [0.3, 0.4) is 0 Å². The van der Waals surface area contributed by atoms with E-state index in [1.807, 2.05) is 31.2 Å². The maximum absolute atomic E-state index is 12.1. The standard InChI is InChI=1S/C22H29N3O3/c1-2-28-19-10-8-18(9-11-19)20-12-13-22(27)25(24-20)15-14-23-21(26)16-17-6-4-3-5-7-17/h8-13,17H,2-7,14-16H2,1H3,(H,23,26). The van der Waals surface area contributed by atoms with Gasteiger partial charge in [-0.25, -0.2) is 4.68 Å². The number of rotatable bonds is 8. The number of carbonyl (C=O) groups excluding carboxylic acids is 1. The number of nitrogens with zero attached hydrogens (tertiary/aromatic N) is 2. The summed E-state index contributed by atoms with van der Waals surface area (Å²) in [4.78, 5) is 24.2. The molecule has 0 spiro atoms. The first-order valence-electron chi connectivity index (χ1n) is 10.2. The first-order valence-corrected chi connectivity index (χ1v) is 10.2. The molecule has 0 radical (unpaired) electrons. The summed E-state index contributed by atoms with van der Waals surface area (Å²) in [5, 5.41) is 7.37. The molecule has 28 heavy (non-hydrogen) atoms. The van der Waals surface area contributed by atoms with Gasteiger partial charge in [0.15, 0.2) is 0 Å². The van der Waals surface area contributed by atoms with Gasteiger partial charge in [-0.2, -0.15) is 5.10 Å². The number of ether oxygens (including phenoxy) is 1. The minimum atomic E-state index is -0.170. The Morgan fingerprint density at radius 3 is 2.61 bits per heavy atom. The zero-order valence-corrected chi connectivity index (χ0v) is 16.5. The van der Waals surface area contributed by atoms with Crippen molar-refractivity contribution in [3.8, 4) is 17.0 Å². The van der Waals surface area contributed by atoms with Crippen LogP contribution in [0.4, 0.5) is 0 Å². The van der Waals surface area contributed by atoms with E-state index in [-0.39, 0.29) is 11.5 Å². The van der Waals surface area contributed by atoms with Gasteiger partial charge in [0.25, 0.3) is 5.56 Å². The second-order valence-electron chi connectivity index (χ2n) is 7.30. The third-order valence-electron chi connectivity index (χ3n) is 5.17. The van der Waals surface area contributed by atoms with Crippen molar-refractivity contribution in [1.82, 2.24) is 15.1 Å². The maximum Gasteiger partial charge on any atom is 0.266 e. The van der Waals surface area contributed by atoms with Gasteiger partial charge in [-0.1, -0.05) is 19.3 Å². The van der Waals surface area contributed by atoms with E-state index in [9.17, 15) is 9.59 Å². The Kier molecular flexibility index (Phi) is 7.23. The molecule has 1 amide bonds. The first kappa shape index (κ1) is 20.1. The van der Waals surface area contributed by atoms with E-state index in [4.69, 9.17) is 4.74 Å². The number of hydrogen-bond donors (Lipinski definition) is 1. The normalized spacial score (nSPS) is 14.6. The zero-order chi connectivity index (χ0) is 19.8. The van der Waals surface area contributed by atoms with Gasteiger partial charge >= 0.3 is 0 Å². The number of amides is 1. The van der Waals surface area contributed by atoms with E-state index >= 15 is 0 Å². The van der Waals surface area contributed by atoms with Crippen molar-refractivity contribution in [2.75, 3.05) is 13.2 Å². The number of nitrogens with one attached hydrogen (secondary N) is 1. The highest BCUT2D eigenvalue weighted by Gasteiger charge is 2.16. The quantitative estimate of drug-likeness (QED) is 0.758. The molecular weight excluding hydrogens is 354 g/mol. The molecule has 0 atom stereocenters. The van der Waals surface area contributed by atoms with Gasteiger partial charge in [-0.05, 0) is 56.0 Å². The van der Waals surface area contributed by atoms with E-state index in [0.717, 1.165) is 29.8 Å². The predicted molar refractivity (Wildman–Crippen MR) is 109 cm³/mol. The highest BCUT2D eigenvalue weighted by atomic mass is 16.5. The predicted octanol–water partition coefficient (Wildman–Crippen LogP) is 3.40. The van der Waals surface area contributed by atoms with E-state index in [2.05, 4.69) is 10.4 Å². The fourth-order valence-electron chi connectivity index (χ4n) is 3.68. The smallest absolute Gasteiger partial charge is 0.266 e. The highest BCUT2D eigenvalue weighted by Crippen LogP contribution is 2.26. The Hall–Kier alpha value is -2.63. The molecule has 1 fully saturated rings. The summed E-state index contributed by atoms with van der Waals surface area (Å²) in [6.45, 7) is 3.33. The van der Waals surface area contributed by atoms with E-state index in [1.165, 1.54) is 30.0 Å². The zero-order valence-electron chi connectivity index (χ0n) is 16.5. The van der Waals surface area contributed by atoms with Gasteiger partial charge in [-0.15, -0.1) is 0 Å². The molecule has 6 heteroatoms. The Bertz CT molecular complexity index is 824. The molecule has 0 unspecified atom stereocenters. The van der Waals surface area contributed by atoms with Crippen LogP contribution in [-0.4, -0.2) is 28.8 Å². The molecule has 1 aromatic heterocycles. The summed E-state index contributed by atoms with van der Waals surface area (Å²) in [7, 11) is 0. The lowest BCUT2D eigenvalue weighted by Gasteiger charge is -2.20. The molecule has 1 aliphatic carbocycles. The molecular formula is C22H29N3O3. The van der Waals surface area contributed by atoms with Gasteiger partial charge in [0, 0.05) is 24.6 Å². The molecule has 0 aliphatic heterocycles. The molecule has 150 valence electrons. The molecule has 6 nitrogen and oxygen atoms in total. The van der Waals surface area contributed by atoms with Gasteiger partial charge < -0.3 is 10.1 Å². The van der Waals surface area contributed by atoms with Crippen molar-refractivity contribution >= 4 is 5.91 Å². The molecule has 1 saturated carbocycles. The van der Waals surface area contributed by atoms with Crippen LogP contribution < -0.4 is 15.6 Å². The first-order chi connectivity index (χ1) is 13.7. The Morgan fingerprint density at radius 1 is 1.14 bits per heavy atom. The molecule has 1 aliphatic rings. The fraction of sp³-hybridized carbons (Fsp3) is 0.500. The van der Waals surface area contributed by atoms with E-state index < -0.39 is 0 Å². The lowest BCUT2D eigenvalue weighted by molar-refractivity contribution is -0.122. The van der Waals surface area contributed by atoms with Crippen LogP contribution in [0.5, 0.6) is 5.75 Å². The van der Waals surface area contributed by atoms with Crippen LogP contribution in [0.25, 0.3) is 11.3 Å². The van der Waals surface area contributed by atoms with Crippen molar-refractivity contribution in [3.05, 3.63) is 46.8 Å². The summed E-state index contributed by atoms with van der Waals surface area (Å²) in [5.74, 6) is 1.39. The van der Waals surface area contributed by atoms with Crippen LogP contribution in [-0.2, 0) is 11.3 Å². The minimum absolute atomic E-state index is 0.0719. The van der Waals surface area contributed by atoms with Crippen molar-refractivity contribution in [2.45, 2.75) is 52.0 Å². The fourth-order valence-corrected chi connectivity index (χ4v) is 3.68. The molecule has 0 bridgehead atoms. The monoisotopic (exact) mass is 383 g/mol. The molecule has 1 N–H and O–H groups in total. The lowest BCUT2D eigenvalue weighted by atomic mass is 9.87. The summed E-state index contributed by atoms with van der Waals surface area (Å²) in [5.41, 5.74) is 1.46. The van der Waals surface area contributed by atoms with Crippen LogP contribution in [0.2, 0.25) is 0 Å². The van der Waals surface area contributed by atoms with Crippen molar-refractivity contribution in [3.63, 3.8) is 0 Å². The molecule has 1 heterocycles. The average Bonchev–Trinajstić information content (AvgIpc) is 2.71. The summed E-state index contributed by atoms with van der Waals surface area (Å²) in [6, 6.07) is 10.9. The highest BCUT2D eigenvalue weighted by molar-refractivity contribution is 5.76. The molecule has 2 aromatic rings. The Morgan fingerprint density at radius 2 is 1.89 bits per heavy atom. The van der Waals surface area contributed by atoms with Crippen LogP contribution >= 0.6 is 0 Å². The average molecular weight is 383 g/mol. The van der Waals surface area contributed by atoms with Crippen LogP contribution in [0, 0.1) is 5.92 Å². The van der Waals surface area contributed by atoms with Gasteiger partial charge in [-0.3, -0.25) is 9.59 Å². The Balaban J connectivity index is 1.55. The Labute approximate surface area is 165 Å². The third kappa shape index (κ3) is 5.68. The lowest BCUT2D eigenvalue weighted by Crippen LogP contribution is -2.33. The van der Waals surface area contributed by atoms with Gasteiger partial charge in [0.05, 0.1) is 18.8 Å². The van der Waals surface area contributed by atoms with Crippen molar-refractivity contribution < 1.29 is 9.53 Å². The number of carbonyl (C=O) groups is 1. The second-order valence-corrected chi connectivity index (χ2v) is 7.30. The summed E-state index contributed by atoms with van der Waals surface area (Å²) < 4.78 is 6.86. The van der Waals surface area contributed by atoms with Gasteiger partial charge in [0.2, 0.25) is 5.91 Å². The number of aromatic nitrogens is 2. The summed E-state index contributed by atoms with van der Waals surface area (Å²) in [6.07, 6.45) is 6.65. The van der Waals surface area contributed by atoms with E-state index in [0.29, 0.717) is 32.0 Å². The van der Waals surface area contributed by atoms with Crippen LogP contribution in [0.15, 0.2) is 41.2 Å². The largest absolute Gasteiger partial charge is 0.494 e. The topological polar surface area (TPSA) is 73.2 Å². The number of benzene rings is 1. The van der Waals surface area contributed by atoms with Crippen molar-refractivity contribution in [2.24, 2.45) is 5.92 Å². The second kappa shape index (κ2) is 10.1. The molecule has 0 saturated heterocycles. The van der Waals surface area contributed by atoms with Crippen molar-refractivity contribution in [1.29, 1.82) is 0 Å².